The molecule has 25 heavy (non-hydrogen) atoms. The van der Waals surface area contributed by atoms with Gasteiger partial charge >= 0.3 is 0 Å². The number of thioether (sulfide) groups is 1. The molecule has 0 bridgehead atoms. The third-order valence-corrected chi connectivity index (χ3v) is 5.59. The Hall–Kier alpha value is -1.73. The third-order valence-electron chi connectivity index (χ3n) is 4.62. The number of carbonyl (C=O) groups excluding carboxylic acids is 2. The molecule has 2 amide bonds. The normalized spacial score (nSPS) is 22.8. The summed E-state index contributed by atoms with van der Waals surface area (Å²) in [6, 6.07) is 7.53. The first-order valence-corrected chi connectivity index (χ1v) is 9.84. The minimum atomic E-state index is -0.131. The summed E-state index contributed by atoms with van der Waals surface area (Å²) >= 11 is 1.80. The highest BCUT2D eigenvalue weighted by Gasteiger charge is 2.33. The van der Waals surface area contributed by atoms with Gasteiger partial charge in [0.2, 0.25) is 5.91 Å². The summed E-state index contributed by atoms with van der Waals surface area (Å²) in [7, 11) is 0. The number of hydrogen-bond donors (Lipinski definition) is 2. The van der Waals surface area contributed by atoms with Crippen LogP contribution in [0.3, 0.4) is 0 Å². The van der Waals surface area contributed by atoms with Crippen LogP contribution >= 0.6 is 11.8 Å². The molecule has 2 saturated heterocycles. The van der Waals surface area contributed by atoms with Gasteiger partial charge in [-0.05, 0) is 30.9 Å². The van der Waals surface area contributed by atoms with Crippen LogP contribution in [0.5, 0.6) is 5.75 Å². The van der Waals surface area contributed by atoms with Crippen LogP contribution in [0, 0.1) is 12.8 Å². The number of hydrogen-bond acceptors (Lipinski definition) is 5. The van der Waals surface area contributed by atoms with Crippen molar-refractivity contribution >= 4 is 23.6 Å². The van der Waals surface area contributed by atoms with Crippen LogP contribution < -0.4 is 15.4 Å². The molecule has 2 aliphatic heterocycles. The van der Waals surface area contributed by atoms with Crippen LogP contribution in [0.25, 0.3) is 0 Å². The van der Waals surface area contributed by atoms with E-state index in [9.17, 15) is 9.59 Å². The molecule has 0 saturated carbocycles. The molecule has 0 unspecified atom stereocenters. The number of nitrogens with zero attached hydrogens (tertiary/aromatic N) is 1. The summed E-state index contributed by atoms with van der Waals surface area (Å²) in [6.07, 6.45) is 0.777. The molecule has 0 radical (unpaired) electrons. The van der Waals surface area contributed by atoms with Crippen molar-refractivity contribution in [2.75, 3.05) is 37.9 Å². The fourth-order valence-corrected chi connectivity index (χ4v) is 4.09. The van der Waals surface area contributed by atoms with Crippen molar-refractivity contribution in [1.29, 1.82) is 0 Å². The topological polar surface area (TPSA) is 70.7 Å². The molecule has 0 aliphatic carbocycles. The number of para-hydroxylation sites is 1. The van der Waals surface area contributed by atoms with Gasteiger partial charge in [-0.1, -0.05) is 18.2 Å². The van der Waals surface area contributed by atoms with E-state index in [1.165, 1.54) is 0 Å². The number of aryl methyl sites for hydroxylation is 1. The molecule has 2 atom stereocenters. The highest BCUT2D eigenvalue weighted by Crippen LogP contribution is 2.20. The Labute approximate surface area is 152 Å². The fraction of sp³-hybridized carbons (Fsp3) is 0.556. The second-order valence-corrected chi connectivity index (χ2v) is 7.63. The maximum absolute atomic E-state index is 12.4. The zero-order valence-electron chi connectivity index (χ0n) is 14.5. The highest BCUT2D eigenvalue weighted by molar-refractivity contribution is 7.99. The Morgan fingerprint density at radius 2 is 2.24 bits per heavy atom. The average molecular weight is 363 g/mol. The number of carbonyl (C=O) groups is 2. The number of benzene rings is 1. The van der Waals surface area contributed by atoms with Gasteiger partial charge in [0.15, 0.2) is 6.61 Å². The van der Waals surface area contributed by atoms with E-state index in [0.717, 1.165) is 42.5 Å². The molecule has 2 fully saturated rings. The Kier molecular flexibility index (Phi) is 6.20. The number of nitrogens with one attached hydrogen (secondary N) is 2. The third kappa shape index (κ3) is 4.89. The standard InChI is InChI=1S/C18H25N3O3S/c1-13-4-2-3-5-16(13)24-11-17(22)20-10-14-8-15(19-9-14)18(23)21-6-7-25-12-21/h2-5,14-15,19H,6-12H2,1H3,(H,20,22)/t14-,15-/m0/s1. The summed E-state index contributed by atoms with van der Waals surface area (Å²) in [5.74, 6) is 2.91. The summed E-state index contributed by atoms with van der Waals surface area (Å²) in [5.41, 5.74) is 1.01. The Morgan fingerprint density at radius 3 is 3.00 bits per heavy atom. The predicted octanol–water partition coefficient (Wildman–Crippen LogP) is 1.00. The van der Waals surface area contributed by atoms with Gasteiger partial charge in [-0.2, -0.15) is 0 Å². The SMILES string of the molecule is Cc1ccccc1OCC(=O)NC[C@@H]1CN[C@H](C(=O)N2CCSC2)C1. The Bertz CT molecular complexity index is 619. The molecule has 0 aromatic heterocycles. The van der Waals surface area contributed by atoms with Crippen molar-refractivity contribution in [3.05, 3.63) is 29.8 Å². The average Bonchev–Trinajstić information content (AvgIpc) is 3.30. The van der Waals surface area contributed by atoms with Crippen LogP contribution in [0.4, 0.5) is 0 Å². The maximum Gasteiger partial charge on any atom is 0.257 e. The molecule has 7 heteroatoms. The van der Waals surface area contributed by atoms with Crippen molar-refractivity contribution < 1.29 is 14.3 Å². The minimum Gasteiger partial charge on any atom is -0.484 e. The van der Waals surface area contributed by atoms with E-state index in [1.807, 2.05) is 36.1 Å². The van der Waals surface area contributed by atoms with Crippen LogP contribution in [0.1, 0.15) is 12.0 Å². The number of rotatable bonds is 6. The minimum absolute atomic E-state index is 0.0123. The van der Waals surface area contributed by atoms with Gasteiger partial charge in [-0.25, -0.2) is 0 Å². The number of ether oxygens (including phenoxy) is 1. The first kappa shape index (κ1) is 18.1. The zero-order chi connectivity index (χ0) is 17.6. The second kappa shape index (κ2) is 8.58. The van der Waals surface area contributed by atoms with Crippen LogP contribution in [-0.4, -0.2) is 60.6 Å². The summed E-state index contributed by atoms with van der Waals surface area (Å²) < 4.78 is 5.55. The zero-order valence-corrected chi connectivity index (χ0v) is 15.3. The molecule has 136 valence electrons. The van der Waals surface area contributed by atoms with Gasteiger partial charge in [0.25, 0.3) is 5.91 Å². The summed E-state index contributed by atoms with van der Waals surface area (Å²) in [6.45, 7) is 4.14. The first-order chi connectivity index (χ1) is 12.1. The molecule has 1 aromatic rings. The van der Waals surface area contributed by atoms with E-state index >= 15 is 0 Å². The summed E-state index contributed by atoms with van der Waals surface area (Å²) in [5, 5.41) is 6.20. The van der Waals surface area contributed by atoms with E-state index < -0.39 is 0 Å². The van der Waals surface area contributed by atoms with Crippen molar-refractivity contribution in [2.24, 2.45) is 5.92 Å². The second-order valence-electron chi connectivity index (χ2n) is 6.56. The number of amides is 2. The molecule has 1 aromatic carbocycles. The van der Waals surface area contributed by atoms with Crippen LogP contribution in [0.15, 0.2) is 24.3 Å². The van der Waals surface area contributed by atoms with Crippen LogP contribution in [-0.2, 0) is 9.59 Å². The first-order valence-electron chi connectivity index (χ1n) is 8.68. The quantitative estimate of drug-likeness (QED) is 0.789. The van der Waals surface area contributed by atoms with Crippen LogP contribution in [0.2, 0.25) is 0 Å². The van der Waals surface area contributed by atoms with Crippen molar-refractivity contribution in [1.82, 2.24) is 15.5 Å². The Balaban J connectivity index is 1.37. The van der Waals surface area contributed by atoms with E-state index in [1.54, 1.807) is 11.8 Å². The van der Waals surface area contributed by atoms with Gasteiger partial charge in [0.05, 0.1) is 11.9 Å². The van der Waals surface area contributed by atoms with E-state index in [2.05, 4.69) is 10.6 Å². The smallest absolute Gasteiger partial charge is 0.257 e. The molecule has 2 N–H and O–H groups in total. The fourth-order valence-electron chi connectivity index (χ4n) is 3.13. The van der Waals surface area contributed by atoms with Gasteiger partial charge in [-0.15, -0.1) is 11.8 Å². The highest BCUT2D eigenvalue weighted by atomic mass is 32.2. The lowest BCUT2D eigenvalue weighted by Gasteiger charge is -2.19. The van der Waals surface area contributed by atoms with Crippen molar-refractivity contribution in [3.8, 4) is 5.75 Å². The molecule has 2 aliphatic rings. The van der Waals surface area contributed by atoms with E-state index in [-0.39, 0.29) is 30.4 Å². The molecule has 6 nitrogen and oxygen atoms in total. The monoisotopic (exact) mass is 363 g/mol. The molecule has 0 spiro atoms. The molecular weight excluding hydrogens is 338 g/mol. The predicted molar refractivity (Wildman–Crippen MR) is 98.6 cm³/mol. The van der Waals surface area contributed by atoms with E-state index in [4.69, 9.17) is 4.74 Å². The van der Waals surface area contributed by atoms with Crippen molar-refractivity contribution in [3.63, 3.8) is 0 Å². The van der Waals surface area contributed by atoms with E-state index in [0.29, 0.717) is 6.54 Å². The van der Waals surface area contributed by atoms with Gasteiger partial charge in [-0.3, -0.25) is 9.59 Å². The largest absolute Gasteiger partial charge is 0.484 e. The molecule has 2 heterocycles. The van der Waals surface area contributed by atoms with Gasteiger partial charge in [0.1, 0.15) is 5.75 Å². The van der Waals surface area contributed by atoms with Gasteiger partial charge < -0.3 is 20.3 Å². The maximum atomic E-state index is 12.4. The Morgan fingerprint density at radius 1 is 1.40 bits per heavy atom. The lowest BCUT2D eigenvalue weighted by Crippen LogP contribution is -2.42. The van der Waals surface area contributed by atoms with Crippen molar-refractivity contribution in [2.45, 2.75) is 19.4 Å². The lowest BCUT2D eigenvalue weighted by molar-refractivity contribution is -0.131. The summed E-state index contributed by atoms with van der Waals surface area (Å²) in [4.78, 5) is 26.3. The van der Waals surface area contributed by atoms with Gasteiger partial charge in [0, 0.05) is 25.4 Å². The molecular formula is C18H25N3O3S. The lowest BCUT2D eigenvalue weighted by atomic mass is 10.1. The molecule has 3 rings (SSSR count).